The molecule has 3 rings (SSSR count). The van der Waals surface area contributed by atoms with Gasteiger partial charge in [-0.15, -0.1) is 0 Å². The first-order valence-corrected chi connectivity index (χ1v) is 6.93. The van der Waals surface area contributed by atoms with Crippen molar-refractivity contribution in [3.05, 3.63) is 17.2 Å². The van der Waals surface area contributed by atoms with Crippen LogP contribution in [0, 0.1) is 0 Å². The van der Waals surface area contributed by atoms with Gasteiger partial charge >= 0.3 is 6.03 Å². The first kappa shape index (κ1) is 13.8. The van der Waals surface area contributed by atoms with E-state index in [0.717, 1.165) is 0 Å². The number of rotatable bonds is 2. The van der Waals surface area contributed by atoms with Crippen LogP contribution in [0.1, 0.15) is 6.42 Å². The largest absolute Gasteiger partial charge is 0.486 e. The first-order chi connectivity index (χ1) is 10.1. The second-order valence-electron chi connectivity index (χ2n) is 4.78. The van der Waals surface area contributed by atoms with Crippen LogP contribution in [0.3, 0.4) is 0 Å². The second kappa shape index (κ2) is 5.69. The first-order valence-electron chi connectivity index (χ1n) is 6.55. The number of hydrogen-bond donors (Lipinski definition) is 3. The van der Waals surface area contributed by atoms with Crippen molar-refractivity contribution in [3.8, 4) is 11.5 Å². The van der Waals surface area contributed by atoms with Crippen molar-refractivity contribution in [2.75, 3.05) is 25.1 Å². The summed E-state index contributed by atoms with van der Waals surface area (Å²) in [6.45, 7) is 1.36. The molecule has 0 bridgehead atoms. The highest BCUT2D eigenvalue weighted by molar-refractivity contribution is 6.34. The molecule has 2 aliphatic heterocycles. The van der Waals surface area contributed by atoms with E-state index in [1.165, 1.54) is 0 Å². The highest BCUT2D eigenvalue weighted by Gasteiger charge is 2.23. The summed E-state index contributed by atoms with van der Waals surface area (Å²) in [5.41, 5.74) is 0.427. The van der Waals surface area contributed by atoms with Crippen LogP contribution in [0.25, 0.3) is 0 Å². The molecule has 1 atom stereocenters. The molecular formula is C13H14ClN3O4. The fraction of sp³-hybridized carbons (Fsp3) is 0.385. The van der Waals surface area contributed by atoms with Crippen LogP contribution in [0.15, 0.2) is 12.1 Å². The van der Waals surface area contributed by atoms with Crippen LogP contribution < -0.4 is 25.4 Å². The molecule has 0 spiro atoms. The number of ether oxygens (including phenoxy) is 2. The van der Waals surface area contributed by atoms with Gasteiger partial charge in [-0.1, -0.05) is 11.6 Å². The molecule has 7 nitrogen and oxygen atoms in total. The van der Waals surface area contributed by atoms with Gasteiger partial charge in [0.25, 0.3) is 0 Å². The molecule has 0 saturated carbocycles. The molecule has 8 heteroatoms. The van der Waals surface area contributed by atoms with Gasteiger partial charge in [0, 0.05) is 25.1 Å². The molecule has 0 unspecified atom stereocenters. The average Bonchev–Trinajstić information content (AvgIpc) is 2.85. The van der Waals surface area contributed by atoms with Gasteiger partial charge in [0.1, 0.15) is 13.2 Å². The smallest absolute Gasteiger partial charge is 0.319 e. The lowest BCUT2D eigenvalue weighted by molar-refractivity contribution is -0.119. The van der Waals surface area contributed by atoms with E-state index in [1.54, 1.807) is 12.1 Å². The van der Waals surface area contributed by atoms with Gasteiger partial charge in [0.15, 0.2) is 11.5 Å². The van der Waals surface area contributed by atoms with Crippen LogP contribution in [0.4, 0.5) is 10.5 Å². The molecule has 1 aromatic rings. The summed E-state index contributed by atoms with van der Waals surface area (Å²) in [6.07, 6.45) is 0.280. The van der Waals surface area contributed by atoms with E-state index in [0.29, 0.717) is 42.0 Å². The minimum atomic E-state index is -0.421. The Morgan fingerprint density at radius 1 is 1.29 bits per heavy atom. The number of halogens is 1. The Labute approximate surface area is 125 Å². The maximum absolute atomic E-state index is 11.9. The Balaban J connectivity index is 1.66. The van der Waals surface area contributed by atoms with Crippen LogP contribution >= 0.6 is 11.6 Å². The lowest BCUT2D eigenvalue weighted by Gasteiger charge is -2.20. The number of benzene rings is 1. The number of carbonyl (C=O) groups is 2. The van der Waals surface area contributed by atoms with Gasteiger partial charge in [-0.3, -0.25) is 4.79 Å². The van der Waals surface area contributed by atoms with Crippen molar-refractivity contribution in [1.29, 1.82) is 0 Å². The second-order valence-corrected chi connectivity index (χ2v) is 5.19. The van der Waals surface area contributed by atoms with Crippen molar-refractivity contribution in [1.82, 2.24) is 10.6 Å². The van der Waals surface area contributed by atoms with E-state index in [1.807, 2.05) is 0 Å². The Morgan fingerprint density at radius 2 is 2.00 bits per heavy atom. The van der Waals surface area contributed by atoms with Crippen molar-refractivity contribution < 1.29 is 19.1 Å². The summed E-state index contributed by atoms with van der Waals surface area (Å²) in [5, 5.41) is 8.35. The van der Waals surface area contributed by atoms with Crippen molar-refractivity contribution in [2.24, 2.45) is 0 Å². The summed E-state index contributed by atoms with van der Waals surface area (Å²) in [5.74, 6) is 1.03. The molecule has 0 radical (unpaired) electrons. The maximum Gasteiger partial charge on any atom is 0.319 e. The molecule has 1 fully saturated rings. The Kier molecular flexibility index (Phi) is 3.74. The van der Waals surface area contributed by atoms with Crippen LogP contribution in [0.2, 0.25) is 5.02 Å². The Morgan fingerprint density at radius 3 is 2.67 bits per heavy atom. The third-order valence-electron chi connectivity index (χ3n) is 3.19. The summed E-state index contributed by atoms with van der Waals surface area (Å²) < 4.78 is 10.8. The minimum absolute atomic E-state index is 0.0716. The number of urea groups is 1. The third-order valence-corrected chi connectivity index (χ3v) is 3.51. The molecule has 1 aromatic carbocycles. The fourth-order valence-corrected chi connectivity index (χ4v) is 2.41. The topological polar surface area (TPSA) is 88.7 Å². The van der Waals surface area contributed by atoms with E-state index >= 15 is 0 Å². The zero-order valence-electron chi connectivity index (χ0n) is 11.1. The van der Waals surface area contributed by atoms with Gasteiger partial charge in [0.05, 0.1) is 16.8 Å². The summed E-state index contributed by atoms with van der Waals surface area (Å²) in [7, 11) is 0. The van der Waals surface area contributed by atoms with Gasteiger partial charge in [0.2, 0.25) is 5.91 Å². The van der Waals surface area contributed by atoms with Gasteiger partial charge < -0.3 is 25.4 Å². The summed E-state index contributed by atoms with van der Waals surface area (Å²) in [4.78, 5) is 23.0. The third kappa shape index (κ3) is 3.13. The normalized spacial score (nSPS) is 19.9. The van der Waals surface area contributed by atoms with E-state index in [2.05, 4.69) is 16.0 Å². The highest BCUT2D eigenvalue weighted by Crippen LogP contribution is 2.37. The van der Waals surface area contributed by atoms with E-state index in [4.69, 9.17) is 21.1 Å². The van der Waals surface area contributed by atoms with Gasteiger partial charge in [-0.25, -0.2) is 4.79 Å². The van der Waals surface area contributed by atoms with Crippen LogP contribution in [-0.2, 0) is 4.79 Å². The number of carbonyl (C=O) groups excluding carboxylic acids is 2. The van der Waals surface area contributed by atoms with Crippen LogP contribution in [-0.4, -0.2) is 37.7 Å². The molecule has 0 aromatic heterocycles. The van der Waals surface area contributed by atoms with E-state index in [9.17, 15) is 9.59 Å². The molecule has 3 N–H and O–H groups in total. The fourth-order valence-electron chi connectivity index (χ4n) is 2.21. The lowest BCUT2D eigenvalue weighted by atomic mass is 10.2. The molecule has 21 heavy (non-hydrogen) atoms. The molecule has 0 aliphatic carbocycles. The van der Waals surface area contributed by atoms with Crippen molar-refractivity contribution in [3.63, 3.8) is 0 Å². The maximum atomic E-state index is 11.9. The Bertz CT molecular complexity index is 593. The predicted molar refractivity (Wildman–Crippen MR) is 76.0 cm³/mol. The quantitative estimate of drug-likeness (QED) is 0.763. The highest BCUT2D eigenvalue weighted by atomic mass is 35.5. The zero-order valence-corrected chi connectivity index (χ0v) is 11.8. The molecule has 1 saturated heterocycles. The number of anilines is 1. The molecular weight excluding hydrogens is 298 g/mol. The molecule has 2 heterocycles. The minimum Gasteiger partial charge on any atom is -0.486 e. The van der Waals surface area contributed by atoms with Crippen molar-refractivity contribution >= 4 is 29.2 Å². The average molecular weight is 312 g/mol. The standard InChI is InChI=1S/C13H14ClN3O4/c14-8-4-10-11(21-2-1-20-10)5-9(8)17-13(19)16-7-3-12(18)15-6-7/h4-5,7H,1-3,6H2,(H,15,18)(H2,16,17,19)/t7-/m0/s1. The van der Waals surface area contributed by atoms with Gasteiger partial charge in [-0.2, -0.15) is 0 Å². The summed E-state index contributed by atoms with van der Waals surface area (Å²) in [6, 6.07) is 2.59. The SMILES string of the molecule is O=C1C[C@H](NC(=O)Nc2cc3c(cc2Cl)OCCO3)CN1. The van der Waals surface area contributed by atoms with Crippen molar-refractivity contribution in [2.45, 2.75) is 12.5 Å². The zero-order chi connectivity index (χ0) is 14.8. The Hall–Kier alpha value is -2.15. The molecule has 112 valence electrons. The van der Waals surface area contributed by atoms with Gasteiger partial charge in [-0.05, 0) is 0 Å². The monoisotopic (exact) mass is 311 g/mol. The van der Waals surface area contributed by atoms with E-state index in [-0.39, 0.29) is 18.4 Å². The summed E-state index contributed by atoms with van der Waals surface area (Å²) >= 11 is 6.10. The predicted octanol–water partition coefficient (Wildman–Crippen LogP) is 1.12. The molecule has 2 aliphatic rings. The van der Waals surface area contributed by atoms with Crippen LogP contribution in [0.5, 0.6) is 11.5 Å². The number of fused-ring (bicyclic) bond motifs is 1. The number of hydrogen-bond acceptors (Lipinski definition) is 4. The number of amides is 3. The lowest BCUT2D eigenvalue weighted by Crippen LogP contribution is -2.39. The number of nitrogens with one attached hydrogen (secondary N) is 3. The van der Waals surface area contributed by atoms with E-state index < -0.39 is 6.03 Å². The molecule has 3 amide bonds.